The van der Waals surface area contributed by atoms with E-state index in [1.807, 2.05) is 0 Å². The summed E-state index contributed by atoms with van der Waals surface area (Å²) in [5.41, 5.74) is 0. The standard InChI is InChI=1S/C14H20ClN3O2/c1-19-14-16-9-11(15)13(17-14)18-6-4-10(5-7-18)12-3-2-8-20-12/h9-10,12H,2-8H2,1H3. The molecule has 3 rings (SSSR count). The first-order valence-corrected chi connectivity index (χ1v) is 7.59. The van der Waals surface area contributed by atoms with Crippen LogP contribution in [0.15, 0.2) is 6.20 Å². The van der Waals surface area contributed by atoms with E-state index >= 15 is 0 Å². The van der Waals surface area contributed by atoms with Crippen LogP contribution in [0.25, 0.3) is 0 Å². The molecule has 0 bridgehead atoms. The number of methoxy groups -OCH3 is 1. The lowest BCUT2D eigenvalue weighted by Gasteiger charge is -2.35. The summed E-state index contributed by atoms with van der Waals surface area (Å²) in [5.74, 6) is 1.46. The minimum absolute atomic E-state index is 0.366. The molecule has 6 heteroatoms. The molecule has 5 nitrogen and oxygen atoms in total. The molecule has 1 atom stereocenters. The molecule has 3 heterocycles. The fourth-order valence-corrected chi connectivity index (χ4v) is 3.33. The van der Waals surface area contributed by atoms with Gasteiger partial charge in [0.05, 0.1) is 19.4 Å². The summed E-state index contributed by atoms with van der Waals surface area (Å²) >= 11 is 6.20. The number of ether oxygens (including phenoxy) is 2. The molecule has 110 valence electrons. The SMILES string of the molecule is COc1ncc(Cl)c(N2CCC(C3CCCO3)CC2)n1. The minimum Gasteiger partial charge on any atom is -0.467 e. The fraction of sp³-hybridized carbons (Fsp3) is 0.714. The van der Waals surface area contributed by atoms with Crippen molar-refractivity contribution >= 4 is 17.4 Å². The Morgan fingerprint density at radius 1 is 1.35 bits per heavy atom. The summed E-state index contributed by atoms with van der Waals surface area (Å²) in [6.45, 7) is 2.86. The van der Waals surface area contributed by atoms with Gasteiger partial charge in [0.25, 0.3) is 0 Å². The second-order valence-electron chi connectivity index (χ2n) is 5.40. The van der Waals surface area contributed by atoms with E-state index in [1.54, 1.807) is 13.3 Å². The molecule has 2 aliphatic rings. The molecule has 1 unspecified atom stereocenters. The molecule has 20 heavy (non-hydrogen) atoms. The van der Waals surface area contributed by atoms with Crippen LogP contribution in [0.4, 0.5) is 5.82 Å². The first-order valence-electron chi connectivity index (χ1n) is 7.21. The second kappa shape index (κ2) is 6.14. The zero-order chi connectivity index (χ0) is 13.9. The van der Waals surface area contributed by atoms with Crippen molar-refractivity contribution in [3.8, 4) is 6.01 Å². The van der Waals surface area contributed by atoms with Crippen molar-refractivity contribution in [1.82, 2.24) is 9.97 Å². The summed E-state index contributed by atoms with van der Waals surface area (Å²) in [5, 5.41) is 0.585. The van der Waals surface area contributed by atoms with Gasteiger partial charge in [-0.25, -0.2) is 4.98 Å². The molecule has 0 N–H and O–H groups in total. The van der Waals surface area contributed by atoms with Gasteiger partial charge in [0.1, 0.15) is 5.02 Å². The van der Waals surface area contributed by atoms with E-state index in [2.05, 4.69) is 14.9 Å². The van der Waals surface area contributed by atoms with Crippen molar-refractivity contribution in [2.45, 2.75) is 31.8 Å². The van der Waals surface area contributed by atoms with Gasteiger partial charge >= 0.3 is 6.01 Å². The number of hydrogen-bond acceptors (Lipinski definition) is 5. The number of piperidine rings is 1. The Bertz CT molecular complexity index is 458. The van der Waals surface area contributed by atoms with Crippen LogP contribution in [0.3, 0.4) is 0 Å². The maximum atomic E-state index is 6.20. The van der Waals surface area contributed by atoms with E-state index in [-0.39, 0.29) is 0 Å². The van der Waals surface area contributed by atoms with Crippen molar-refractivity contribution < 1.29 is 9.47 Å². The monoisotopic (exact) mass is 297 g/mol. The summed E-state index contributed by atoms with van der Waals surface area (Å²) < 4.78 is 10.9. The molecule has 0 radical (unpaired) electrons. The van der Waals surface area contributed by atoms with Gasteiger partial charge in [-0.1, -0.05) is 11.6 Å². The Morgan fingerprint density at radius 2 is 2.15 bits per heavy atom. The number of hydrogen-bond donors (Lipinski definition) is 0. The van der Waals surface area contributed by atoms with Gasteiger partial charge in [0.2, 0.25) is 0 Å². The predicted octanol–water partition coefficient (Wildman–Crippen LogP) is 2.53. The molecule has 0 saturated carbocycles. The topological polar surface area (TPSA) is 47.5 Å². The number of anilines is 1. The predicted molar refractivity (Wildman–Crippen MR) is 77.5 cm³/mol. The Balaban J connectivity index is 1.65. The average molecular weight is 298 g/mol. The molecular formula is C14H20ClN3O2. The Hall–Kier alpha value is -1.07. The molecule has 1 aromatic heterocycles. The lowest BCUT2D eigenvalue weighted by Crippen LogP contribution is -2.38. The van der Waals surface area contributed by atoms with E-state index in [4.69, 9.17) is 21.1 Å². The van der Waals surface area contributed by atoms with Crippen molar-refractivity contribution in [2.75, 3.05) is 31.7 Å². The highest BCUT2D eigenvalue weighted by atomic mass is 35.5. The molecular weight excluding hydrogens is 278 g/mol. The van der Waals surface area contributed by atoms with E-state index in [0.717, 1.165) is 38.4 Å². The smallest absolute Gasteiger partial charge is 0.318 e. The minimum atomic E-state index is 0.366. The van der Waals surface area contributed by atoms with Crippen LogP contribution in [0, 0.1) is 5.92 Å². The maximum Gasteiger partial charge on any atom is 0.318 e. The van der Waals surface area contributed by atoms with Crippen LogP contribution in [0.2, 0.25) is 5.02 Å². The largest absolute Gasteiger partial charge is 0.467 e. The first-order chi connectivity index (χ1) is 9.78. The first kappa shape index (κ1) is 13.9. The van der Waals surface area contributed by atoms with Crippen LogP contribution in [-0.2, 0) is 4.74 Å². The fourth-order valence-electron chi connectivity index (χ4n) is 3.12. The van der Waals surface area contributed by atoms with Crippen molar-refractivity contribution in [3.63, 3.8) is 0 Å². The van der Waals surface area contributed by atoms with Gasteiger partial charge in [0.15, 0.2) is 5.82 Å². The summed E-state index contributed by atoms with van der Waals surface area (Å²) in [7, 11) is 1.57. The number of rotatable bonds is 3. The van der Waals surface area contributed by atoms with Crippen molar-refractivity contribution in [3.05, 3.63) is 11.2 Å². The number of halogens is 1. The van der Waals surface area contributed by atoms with E-state index < -0.39 is 0 Å². The zero-order valence-electron chi connectivity index (χ0n) is 11.7. The molecule has 1 aromatic rings. The third-order valence-corrected chi connectivity index (χ3v) is 4.48. The van der Waals surface area contributed by atoms with Crippen molar-refractivity contribution in [2.24, 2.45) is 5.92 Å². The van der Waals surface area contributed by atoms with Gasteiger partial charge in [-0.3, -0.25) is 0 Å². The van der Waals surface area contributed by atoms with Crippen LogP contribution >= 0.6 is 11.6 Å². The Labute approximate surface area is 124 Å². The average Bonchev–Trinajstić information content (AvgIpc) is 3.02. The normalized spacial score (nSPS) is 24.1. The van der Waals surface area contributed by atoms with E-state index in [1.165, 1.54) is 12.8 Å². The molecule has 2 saturated heterocycles. The highest BCUT2D eigenvalue weighted by Crippen LogP contribution is 2.32. The van der Waals surface area contributed by atoms with Crippen LogP contribution < -0.4 is 9.64 Å². The van der Waals surface area contributed by atoms with Crippen molar-refractivity contribution in [1.29, 1.82) is 0 Å². The van der Waals surface area contributed by atoms with Gasteiger partial charge < -0.3 is 14.4 Å². The Morgan fingerprint density at radius 3 is 2.80 bits per heavy atom. The molecule has 0 aliphatic carbocycles. The van der Waals surface area contributed by atoms with Crippen LogP contribution in [0.5, 0.6) is 6.01 Å². The van der Waals surface area contributed by atoms with E-state index in [9.17, 15) is 0 Å². The highest BCUT2D eigenvalue weighted by molar-refractivity contribution is 6.32. The van der Waals surface area contributed by atoms with Gasteiger partial charge in [-0.15, -0.1) is 0 Å². The third-order valence-electron chi connectivity index (χ3n) is 4.22. The summed E-state index contributed by atoms with van der Waals surface area (Å²) in [6.07, 6.45) is 6.76. The summed E-state index contributed by atoms with van der Waals surface area (Å²) in [6, 6.07) is 0.366. The van der Waals surface area contributed by atoms with Gasteiger partial charge in [-0.05, 0) is 31.6 Å². The second-order valence-corrected chi connectivity index (χ2v) is 5.81. The van der Waals surface area contributed by atoms with Crippen LogP contribution in [-0.4, -0.2) is 42.9 Å². The maximum absolute atomic E-state index is 6.20. The summed E-state index contributed by atoms with van der Waals surface area (Å²) in [4.78, 5) is 10.6. The van der Waals surface area contributed by atoms with Gasteiger partial charge in [-0.2, -0.15) is 4.98 Å². The molecule has 2 fully saturated rings. The lowest BCUT2D eigenvalue weighted by molar-refractivity contribution is 0.0531. The number of nitrogens with zero attached hydrogens (tertiary/aromatic N) is 3. The highest BCUT2D eigenvalue weighted by Gasteiger charge is 2.30. The number of aromatic nitrogens is 2. The van der Waals surface area contributed by atoms with Gasteiger partial charge in [0, 0.05) is 19.7 Å². The zero-order valence-corrected chi connectivity index (χ0v) is 12.5. The molecule has 0 amide bonds. The van der Waals surface area contributed by atoms with Crippen LogP contribution in [0.1, 0.15) is 25.7 Å². The van der Waals surface area contributed by atoms with E-state index in [0.29, 0.717) is 23.1 Å². The lowest BCUT2D eigenvalue weighted by atomic mass is 9.90. The molecule has 0 aromatic carbocycles. The molecule has 0 spiro atoms. The molecule has 2 aliphatic heterocycles. The quantitative estimate of drug-likeness (QED) is 0.858. The third kappa shape index (κ3) is 2.83. The Kier molecular flexibility index (Phi) is 4.27.